The number of carboxylic acids is 1. The van der Waals surface area contributed by atoms with Crippen molar-refractivity contribution >= 4 is 11.9 Å². The SMILES string of the molecule is CCC(CC)(NC(=O)c1ccc(C)c(C)c1)C(=O)O. The molecule has 0 aliphatic heterocycles. The zero-order chi connectivity index (χ0) is 14.6. The third-order valence-electron chi connectivity index (χ3n) is 3.74. The van der Waals surface area contributed by atoms with E-state index in [0.29, 0.717) is 18.4 Å². The highest BCUT2D eigenvalue weighted by Crippen LogP contribution is 2.17. The number of hydrogen-bond donors (Lipinski definition) is 2. The third kappa shape index (κ3) is 3.13. The molecule has 4 heteroatoms. The van der Waals surface area contributed by atoms with Crippen LogP contribution in [0.3, 0.4) is 0 Å². The van der Waals surface area contributed by atoms with Crippen molar-refractivity contribution in [2.45, 2.75) is 46.1 Å². The summed E-state index contributed by atoms with van der Waals surface area (Å²) in [5.74, 6) is -1.33. The van der Waals surface area contributed by atoms with E-state index < -0.39 is 11.5 Å². The molecule has 1 aromatic rings. The summed E-state index contributed by atoms with van der Waals surface area (Å²) in [5.41, 5.74) is 1.43. The zero-order valence-electron chi connectivity index (χ0n) is 11.9. The van der Waals surface area contributed by atoms with Gasteiger partial charge in [-0.1, -0.05) is 19.9 Å². The Hall–Kier alpha value is -1.84. The third-order valence-corrected chi connectivity index (χ3v) is 3.74. The molecule has 0 radical (unpaired) electrons. The second-order valence-electron chi connectivity index (χ2n) is 4.85. The average Bonchev–Trinajstić information content (AvgIpc) is 2.38. The molecule has 0 saturated carbocycles. The number of nitrogens with one attached hydrogen (secondary N) is 1. The summed E-state index contributed by atoms with van der Waals surface area (Å²) >= 11 is 0. The summed E-state index contributed by atoms with van der Waals surface area (Å²) in [7, 11) is 0. The molecule has 1 rings (SSSR count). The minimum Gasteiger partial charge on any atom is -0.480 e. The molecule has 2 N–H and O–H groups in total. The smallest absolute Gasteiger partial charge is 0.329 e. The maximum Gasteiger partial charge on any atom is 0.329 e. The fourth-order valence-corrected chi connectivity index (χ4v) is 1.95. The van der Waals surface area contributed by atoms with Crippen molar-refractivity contribution in [3.05, 3.63) is 34.9 Å². The van der Waals surface area contributed by atoms with Crippen LogP contribution in [0.25, 0.3) is 0 Å². The molecule has 0 saturated heterocycles. The fourth-order valence-electron chi connectivity index (χ4n) is 1.95. The van der Waals surface area contributed by atoms with Gasteiger partial charge in [-0.15, -0.1) is 0 Å². The Labute approximate surface area is 113 Å². The van der Waals surface area contributed by atoms with E-state index in [0.717, 1.165) is 11.1 Å². The molecule has 0 fully saturated rings. The lowest BCUT2D eigenvalue weighted by Crippen LogP contribution is -2.53. The molecule has 0 aromatic heterocycles. The lowest BCUT2D eigenvalue weighted by atomic mass is 9.92. The second-order valence-corrected chi connectivity index (χ2v) is 4.85. The lowest BCUT2D eigenvalue weighted by molar-refractivity contribution is -0.144. The van der Waals surface area contributed by atoms with E-state index in [4.69, 9.17) is 0 Å². The number of carbonyl (C=O) groups is 2. The molecule has 0 spiro atoms. The van der Waals surface area contributed by atoms with Crippen molar-refractivity contribution in [2.24, 2.45) is 0 Å². The van der Waals surface area contributed by atoms with Crippen molar-refractivity contribution in [1.29, 1.82) is 0 Å². The van der Waals surface area contributed by atoms with E-state index in [1.165, 1.54) is 0 Å². The number of hydrogen-bond acceptors (Lipinski definition) is 2. The van der Waals surface area contributed by atoms with E-state index >= 15 is 0 Å². The second kappa shape index (κ2) is 5.87. The number of amides is 1. The van der Waals surface area contributed by atoms with Crippen LogP contribution in [-0.2, 0) is 4.79 Å². The molecule has 0 unspecified atom stereocenters. The van der Waals surface area contributed by atoms with Gasteiger partial charge in [0.1, 0.15) is 5.54 Å². The molecule has 1 amide bonds. The minimum absolute atomic E-state index is 0.339. The van der Waals surface area contributed by atoms with E-state index in [9.17, 15) is 14.7 Å². The summed E-state index contributed by atoms with van der Waals surface area (Å²) in [4.78, 5) is 23.5. The molecule has 4 nitrogen and oxygen atoms in total. The summed E-state index contributed by atoms with van der Waals surface area (Å²) in [6.45, 7) is 7.42. The Morgan fingerprint density at radius 3 is 2.16 bits per heavy atom. The van der Waals surface area contributed by atoms with Gasteiger partial charge in [-0.25, -0.2) is 4.79 Å². The van der Waals surface area contributed by atoms with Gasteiger partial charge in [-0.05, 0) is 49.9 Å². The van der Waals surface area contributed by atoms with Crippen molar-refractivity contribution in [3.63, 3.8) is 0 Å². The van der Waals surface area contributed by atoms with E-state index in [-0.39, 0.29) is 5.91 Å². The predicted molar refractivity (Wildman–Crippen MR) is 74.3 cm³/mol. The molecule has 0 aliphatic rings. The largest absolute Gasteiger partial charge is 0.480 e. The Morgan fingerprint density at radius 1 is 1.16 bits per heavy atom. The van der Waals surface area contributed by atoms with Crippen molar-refractivity contribution in [1.82, 2.24) is 5.32 Å². The normalized spacial score (nSPS) is 11.2. The van der Waals surface area contributed by atoms with Crippen LogP contribution in [0.5, 0.6) is 0 Å². The molecule has 0 atom stereocenters. The highest BCUT2D eigenvalue weighted by Gasteiger charge is 2.36. The van der Waals surface area contributed by atoms with Gasteiger partial charge >= 0.3 is 5.97 Å². The van der Waals surface area contributed by atoms with Gasteiger partial charge < -0.3 is 10.4 Å². The van der Waals surface area contributed by atoms with Crippen molar-refractivity contribution in [3.8, 4) is 0 Å². The van der Waals surface area contributed by atoms with Gasteiger partial charge in [-0.3, -0.25) is 4.79 Å². The Balaban J connectivity index is 3.00. The van der Waals surface area contributed by atoms with Gasteiger partial charge in [0.05, 0.1) is 0 Å². The molecule has 0 heterocycles. The van der Waals surface area contributed by atoms with Crippen LogP contribution < -0.4 is 5.32 Å². The van der Waals surface area contributed by atoms with E-state index in [1.807, 2.05) is 19.9 Å². The number of aliphatic carboxylic acids is 1. The minimum atomic E-state index is -1.18. The van der Waals surface area contributed by atoms with Crippen LogP contribution in [-0.4, -0.2) is 22.5 Å². The van der Waals surface area contributed by atoms with E-state index in [1.54, 1.807) is 26.0 Å². The van der Waals surface area contributed by atoms with Crippen LogP contribution in [0.2, 0.25) is 0 Å². The van der Waals surface area contributed by atoms with Gasteiger partial charge in [-0.2, -0.15) is 0 Å². The molecular weight excluding hydrogens is 242 g/mol. The molecule has 19 heavy (non-hydrogen) atoms. The summed E-state index contributed by atoms with van der Waals surface area (Å²) in [6.07, 6.45) is 0.713. The Morgan fingerprint density at radius 2 is 1.74 bits per heavy atom. The molecule has 1 aromatic carbocycles. The number of benzene rings is 1. The van der Waals surface area contributed by atoms with Crippen LogP contribution in [0.1, 0.15) is 48.2 Å². The van der Waals surface area contributed by atoms with Crippen LogP contribution >= 0.6 is 0 Å². The van der Waals surface area contributed by atoms with Crippen LogP contribution in [0.4, 0.5) is 0 Å². The summed E-state index contributed by atoms with van der Waals surface area (Å²) in [5, 5.41) is 12.0. The quantitative estimate of drug-likeness (QED) is 0.858. The topological polar surface area (TPSA) is 66.4 Å². The monoisotopic (exact) mass is 263 g/mol. The highest BCUT2D eigenvalue weighted by atomic mass is 16.4. The predicted octanol–water partition coefficient (Wildman–Crippen LogP) is 2.68. The van der Waals surface area contributed by atoms with Gasteiger partial charge in [0.15, 0.2) is 0 Å². The maximum absolute atomic E-state index is 12.2. The first kappa shape index (κ1) is 15.2. The van der Waals surface area contributed by atoms with Gasteiger partial charge in [0.2, 0.25) is 0 Å². The fraction of sp³-hybridized carbons (Fsp3) is 0.467. The number of carbonyl (C=O) groups excluding carboxylic acids is 1. The Kier molecular flexibility index (Phi) is 4.70. The molecule has 0 bridgehead atoms. The average molecular weight is 263 g/mol. The first-order valence-electron chi connectivity index (χ1n) is 6.49. The first-order valence-corrected chi connectivity index (χ1v) is 6.49. The van der Waals surface area contributed by atoms with Crippen LogP contribution in [0, 0.1) is 13.8 Å². The molecule has 0 aliphatic carbocycles. The van der Waals surface area contributed by atoms with Gasteiger partial charge in [0, 0.05) is 5.56 Å². The number of carboxylic acid groups (broad SMARTS) is 1. The maximum atomic E-state index is 12.2. The molecular formula is C15H21NO3. The Bertz CT molecular complexity index is 490. The lowest BCUT2D eigenvalue weighted by Gasteiger charge is -2.28. The van der Waals surface area contributed by atoms with Crippen molar-refractivity contribution in [2.75, 3.05) is 0 Å². The molecule has 104 valence electrons. The van der Waals surface area contributed by atoms with Gasteiger partial charge in [0.25, 0.3) is 5.91 Å². The number of rotatable bonds is 5. The highest BCUT2D eigenvalue weighted by molar-refractivity contribution is 5.98. The van der Waals surface area contributed by atoms with E-state index in [2.05, 4.69) is 5.32 Å². The van der Waals surface area contributed by atoms with Crippen molar-refractivity contribution < 1.29 is 14.7 Å². The summed E-state index contributed by atoms with van der Waals surface area (Å²) < 4.78 is 0. The first-order chi connectivity index (χ1) is 8.86. The standard InChI is InChI=1S/C15H21NO3/c1-5-15(6-2,14(18)19)16-13(17)12-8-7-10(3)11(4)9-12/h7-9H,5-6H2,1-4H3,(H,16,17)(H,18,19). The summed E-state index contributed by atoms with van der Waals surface area (Å²) in [6, 6.07) is 5.36. The van der Waals surface area contributed by atoms with Crippen LogP contribution in [0.15, 0.2) is 18.2 Å². The zero-order valence-corrected chi connectivity index (χ0v) is 11.9. The number of aryl methyl sites for hydroxylation is 2.